The summed E-state index contributed by atoms with van der Waals surface area (Å²) < 4.78 is 104. The number of benzene rings is 3. The summed E-state index contributed by atoms with van der Waals surface area (Å²) in [6.45, 7) is 11.2. The number of halogens is 5. The Hall–Kier alpha value is -5.52. The first-order valence-corrected chi connectivity index (χ1v) is 24.8. The number of ether oxygens (including phenoxy) is 3. The molecule has 3 saturated heterocycles. The van der Waals surface area contributed by atoms with Crippen LogP contribution in [0, 0.1) is 11.6 Å². The lowest BCUT2D eigenvalue weighted by molar-refractivity contribution is -0.137. The van der Waals surface area contributed by atoms with E-state index in [4.69, 9.17) is 14.2 Å². The molecule has 3 fully saturated rings. The summed E-state index contributed by atoms with van der Waals surface area (Å²) in [4.78, 5) is 39.2. The highest BCUT2D eigenvalue weighted by molar-refractivity contribution is 7.70. The van der Waals surface area contributed by atoms with Crippen molar-refractivity contribution in [1.29, 1.82) is 0 Å². The summed E-state index contributed by atoms with van der Waals surface area (Å²) in [5.74, 6) is -3.27. The number of piperidine rings is 2. The molecular formula is C46H54F5N8O6P. The van der Waals surface area contributed by atoms with Crippen LogP contribution in [0.1, 0.15) is 60.8 Å². The molecule has 8 rings (SSSR count). The monoisotopic (exact) mass is 940 g/mol. The van der Waals surface area contributed by atoms with Crippen LogP contribution in [0.4, 0.5) is 50.8 Å². The van der Waals surface area contributed by atoms with E-state index in [1.165, 1.54) is 38.6 Å². The van der Waals surface area contributed by atoms with Gasteiger partial charge in [-0.2, -0.15) is 18.2 Å². The molecule has 3 aromatic carbocycles. The number of anilines is 5. The van der Waals surface area contributed by atoms with Crippen LogP contribution in [-0.4, -0.2) is 117 Å². The van der Waals surface area contributed by atoms with Crippen molar-refractivity contribution in [2.45, 2.75) is 63.6 Å². The van der Waals surface area contributed by atoms with Gasteiger partial charge in [-0.25, -0.2) is 13.8 Å². The number of alkyl halides is 3. The second-order valence-corrected chi connectivity index (χ2v) is 20.5. The number of nitrogens with one attached hydrogen (secondary N) is 3. The SMILES string of the molecule is CCc1cc(Nc2ncc(C(F)(F)F)c(Nc3ccc4c(c3P(C)(C)=O)OCCO4)n2)c(OC)cc1N1CCC(N2CCN(CCc3cc(F)c(C4CCC(=O)NC4=O)c(F)c3)CC2)CC1. The Morgan fingerprint density at radius 3 is 2.29 bits per heavy atom. The number of rotatable bonds is 13. The van der Waals surface area contributed by atoms with Crippen molar-refractivity contribution in [3.8, 4) is 17.2 Å². The maximum Gasteiger partial charge on any atom is 0.421 e. The Balaban J connectivity index is 0.893. The Morgan fingerprint density at radius 2 is 1.64 bits per heavy atom. The molecule has 20 heteroatoms. The summed E-state index contributed by atoms with van der Waals surface area (Å²) in [5, 5.41) is 8.26. The molecule has 0 saturated carbocycles. The Bertz CT molecular complexity index is 2500. The minimum atomic E-state index is -4.81. The maximum absolute atomic E-state index is 15.1. The van der Waals surface area contributed by atoms with Crippen molar-refractivity contribution in [3.63, 3.8) is 0 Å². The summed E-state index contributed by atoms with van der Waals surface area (Å²) in [7, 11) is -1.59. The number of hydrogen-bond acceptors (Lipinski definition) is 13. The van der Waals surface area contributed by atoms with Gasteiger partial charge in [-0.1, -0.05) is 6.92 Å². The molecule has 2 amide bonds. The highest BCUT2D eigenvalue weighted by atomic mass is 31.2. The van der Waals surface area contributed by atoms with Crippen LogP contribution in [0.2, 0.25) is 0 Å². The number of amides is 2. The molecule has 14 nitrogen and oxygen atoms in total. The number of carbonyl (C=O) groups is 2. The van der Waals surface area contributed by atoms with E-state index < -0.39 is 54.1 Å². The molecule has 4 aromatic rings. The third-order valence-electron chi connectivity index (χ3n) is 12.8. The van der Waals surface area contributed by atoms with Gasteiger partial charge in [-0.3, -0.25) is 19.8 Å². The van der Waals surface area contributed by atoms with Crippen molar-refractivity contribution in [2.24, 2.45) is 0 Å². The number of aromatic nitrogens is 2. The van der Waals surface area contributed by atoms with E-state index in [-0.39, 0.29) is 54.3 Å². The molecular weight excluding hydrogens is 887 g/mol. The summed E-state index contributed by atoms with van der Waals surface area (Å²) in [6.07, 6.45) is -0.979. The third-order valence-corrected chi connectivity index (χ3v) is 14.3. The Kier molecular flexibility index (Phi) is 13.8. The van der Waals surface area contributed by atoms with Gasteiger partial charge < -0.3 is 39.2 Å². The summed E-state index contributed by atoms with van der Waals surface area (Å²) in [6, 6.07) is 9.90. The van der Waals surface area contributed by atoms with E-state index in [0.717, 1.165) is 63.4 Å². The van der Waals surface area contributed by atoms with Gasteiger partial charge in [0.05, 0.1) is 29.7 Å². The molecule has 0 bridgehead atoms. The number of nitrogens with zero attached hydrogens (tertiary/aromatic N) is 5. The van der Waals surface area contributed by atoms with Crippen molar-refractivity contribution in [2.75, 3.05) is 95.0 Å². The predicted octanol–water partition coefficient (Wildman–Crippen LogP) is 7.20. The van der Waals surface area contributed by atoms with Crippen molar-refractivity contribution < 1.29 is 50.3 Å². The second-order valence-electron chi connectivity index (χ2n) is 17.4. The first-order chi connectivity index (χ1) is 31.5. The topological polar surface area (TPSA) is 150 Å². The number of aryl methyl sites for hydroxylation is 1. The van der Waals surface area contributed by atoms with Crippen LogP contribution in [0.15, 0.2) is 42.6 Å². The molecule has 5 heterocycles. The van der Waals surface area contributed by atoms with E-state index >= 15 is 8.78 Å². The average molecular weight is 941 g/mol. The largest absolute Gasteiger partial charge is 0.494 e. The van der Waals surface area contributed by atoms with Crippen molar-refractivity contribution >= 4 is 53.1 Å². The highest BCUT2D eigenvalue weighted by Gasteiger charge is 2.37. The van der Waals surface area contributed by atoms with Gasteiger partial charge in [0, 0.05) is 81.8 Å². The molecule has 0 spiro atoms. The van der Waals surface area contributed by atoms with Crippen molar-refractivity contribution in [1.82, 2.24) is 25.1 Å². The first-order valence-electron chi connectivity index (χ1n) is 22.2. The summed E-state index contributed by atoms with van der Waals surface area (Å²) >= 11 is 0. The van der Waals surface area contributed by atoms with Crippen LogP contribution < -0.4 is 40.4 Å². The number of hydrogen-bond donors (Lipinski definition) is 3. The quantitative estimate of drug-likeness (QED) is 0.0706. The van der Waals surface area contributed by atoms with Crippen LogP contribution in [0.25, 0.3) is 0 Å². The molecule has 66 heavy (non-hydrogen) atoms. The molecule has 0 aliphatic carbocycles. The number of fused-ring (bicyclic) bond motifs is 1. The van der Waals surface area contributed by atoms with Crippen LogP contribution in [-0.2, 0) is 33.2 Å². The summed E-state index contributed by atoms with van der Waals surface area (Å²) in [5.41, 5.74) is 1.76. The molecule has 1 aromatic heterocycles. The zero-order chi connectivity index (χ0) is 46.9. The lowest BCUT2D eigenvalue weighted by Gasteiger charge is -2.43. The van der Waals surface area contributed by atoms with Gasteiger partial charge in [0.25, 0.3) is 0 Å². The van der Waals surface area contributed by atoms with E-state index in [0.29, 0.717) is 54.4 Å². The molecule has 4 aliphatic heterocycles. The number of carbonyl (C=O) groups excluding carboxylic acids is 2. The molecule has 3 N–H and O–H groups in total. The van der Waals surface area contributed by atoms with Crippen molar-refractivity contribution in [3.05, 3.63) is 76.5 Å². The Labute approximate surface area is 379 Å². The lowest BCUT2D eigenvalue weighted by Crippen LogP contribution is -2.53. The van der Waals surface area contributed by atoms with E-state index in [2.05, 4.69) is 40.6 Å². The van der Waals surface area contributed by atoms with E-state index in [1.807, 2.05) is 19.1 Å². The van der Waals surface area contributed by atoms with E-state index in [1.54, 1.807) is 6.07 Å². The zero-order valence-corrected chi connectivity index (χ0v) is 38.2. The number of imide groups is 1. The van der Waals surface area contributed by atoms with E-state index in [9.17, 15) is 27.3 Å². The Morgan fingerprint density at radius 1 is 0.924 bits per heavy atom. The fourth-order valence-electron chi connectivity index (χ4n) is 9.38. The molecule has 4 aliphatic rings. The van der Waals surface area contributed by atoms with Gasteiger partial charge in [0.15, 0.2) is 11.5 Å². The fourth-order valence-corrected chi connectivity index (χ4v) is 10.8. The highest BCUT2D eigenvalue weighted by Crippen LogP contribution is 2.47. The minimum absolute atomic E-state index is 0.0406. The third kappa shape index (κ3) is 10.2. The molecule has 1 unspecified atom stereocenters. The lowest BCUT2D eigenvalue weighted by atomic mass is 9.89. The van der Waals surface area contributed by atoms with Gasteiger partial charge in [-0.05, 0) is 86.9 Å². The predicted molar refractivity (Wildman–Crippen MR) is 241 cm³/mol. The average Bonchev–Trinajstić information content (AvgIpc) is 3.28. The number of piperazine rings is 1. The second kappa shape index (κ2) is 19.4. The van der Waals surface area contributed by atoms with Crippen LogP contribution >= 0.6 is 7.14 Å². The van der Waals surface area contributed by atoms with Gasteiger partial charge >= 0.3 is 6.18 Å². The normalized spacial score (nSPS) is 18.9. The maximum atomic E-state index is 15.1. The molecule has 0 radical (unpaired) electrons. The number of methoxy groups -OCH3 is 1. The molecule has 1 atom stereocenters. The standard InChI is InChI=1S/C46H54F5N8O6P/c1-5-28-24-35(54-45-52-26-31(46(49,50)51)43(56-45)53-34-7-8-37-41(65-21-20-64-37)42(34)66(3,4)62)38(63-2)25-36(28)59-14-11-29(12-15-59)58-18-16-57(17-19-58)13-10-27-22-32(47)40(33(48)23-27)30-6-9-39(60)55-44(30)61/h7-8,22-26,29-30H,5-6,9-21H2,1-4H3,(H,55,60,61)(H2,52,53,54,56). The van der Waals surface area contributed by atoms with Gasteiger partial charge in [0.1, 0.15) is 49.1 Å². The van der Waals surface area contributed by atoms with Gasteiger partial charge in [0.2, 0.25) is 17.8 Å². The smallest absolute Gasteiger partial charge is 0.421 e. The minimum Gasteiger partial charge on any atom is -0.494 e. The van der Waals surface area contributed by atoms with Gasteiger partial charge in [-0.15, -0.1) is 0 Å². The van der Waals surface area contributed by atoms with Crippen LogP contribution in [0.5, 0.6) is 17.2 Å². The first kappa shape index (κ1) is 47.0. The van der Waals surface area contributed by atoms with Crippen LogP contribution in [0.3, 0.4) is 0 Å². The molecule has 354 valence electrons. The zero-order valence-electron chi connectivity index (χ0n) is 37.3. The fraction of sp³-hybridized carbons (Fsp3) is 0.478.